The molecule has 0 fully saturated rings. The van der Waals surface area contributed by atoms with Gasteiger partial charge in [-0.25, -0.2) is 0 Å². The Balaban J connectivity index is 2.60. The third-order valence-corrected chi connectivity index (χ3v) is 3.44. The molecule has 0 amide bonds. The molecule has 2 nitrogen and oxygen atoms in total. The predicted octanol–water partition coefficient (Wildman–Crippen LogP) is 2.11. The summed E-state index contributed by atoms with van der Waals surface area (Å²) in [4.78, 5) is 2.15. The third kappa shape index (κ3) is 3.96. The standard InChI is InChI=1S/C12H19N2S/c1-13(2)12(14(3)4)15-10-11-8-6-5-7-9-11/h5-9H,10H2,1-4H3/q+1. The van der Waals surface area contributed by atoms with E-state index in [-0.39, 0.29) is 0 Å². The maximum atomic E-state index is 2.16. The van der Waals surface area contributed by atoms with Crippen LogP contribution < -0.4 is 0 Å². The highest BCUT2D eigenvalue weighted by Gasteiger charge is 2.11. The smallest absolute Gasteiger partial charge is 0.262 e. The van der Waals surface area contributed by atoms with Gasteiger partial charge in [0.15, 0.2) is 0 Å². The molecular weight excluding hydrogens is 204 g/mol. The van der Waals surface area contributed by atoms with Crippen LogP contribution in [0.3, 0.4) is 0 Å². The summed E-state index contributed by atoms with van der Waals surface area (Å²) in [6.07, 6.45) is 0. The molecule has 0 saturated carbocycles. The third-order valence-electron chi connectivity index (χ3n) is 1.98. The summed E-state index contributed by atoms with van der Waals surface area (Å²) < 4.78 is 2.15. The van der Waals surface area contributed by atoms with Crippen molar-refractivity contribution < 1.29 is 4.58 Å². The molecule has 0 bridgehead atoms. The Morgan fingerprint density at radius 3 is 2.27 bits per heavy atom. The van der Waals surface area contributed by atoms with Crippen molar-refractivity contribution >= 4 is 16.9 Å². The molecule has 1 rings (SSSR count). The van der Waals surface area contributed by atoms with Crippen LogP contribution in [0.2, 0.25) is 0 Å². The van der Waals surface area contributed by atoms with Crippen molar-refractivity contribution in [2.75, 3.05) is 28.2 Å². The van der Waals surface area contributed by atoms with Gasteiger partial charge in [-0.15, -0.1) is 0 Å². The molecule has 0 aliphatic heterocycles. The van der Waals surface area contributed by atoms with Crippen LogP contribution in [-0.4, -0.2) is 42.8 Å². The fourth-order valence-corrected chi connectivity index (χ4v) is 2.38. The van der Waals surface area contributed by atoms with E-state index in [0.717, 1.165) is 5.75 Å². The Morgan fingerprint density at radius 1 is 1.20 bits per heavy atom. The van der Waals surface area contributed by atoms with Crippen LogP contribution in [0.4, 0.5) is 0 Å². The second kappa shape index (κ2) is 5.81. The average molecular weight is 223 g/mol. The summed E-state index contributed by atoms with van der Waals surface area (Å²) in [6, 6.07) is 10.5. The molecular formula is C12H19N2S+. The second-order valence-corrected chi connectivity index (χ2v) is 4.79. The van der Waals surface area contributed by atoms with Gasteiger partial charge in [-0.2, -0.15) is 0 Å². The van der Waals surface area contributed by atoms with Crippen molar-refractivity contribution in [2.24, 2.45) is 0 Å². The predicted molar refractivity (Wildman–Crippen MR) is 68.5 cm³/mol. The molecule has 15 heavy (non-hydrogen) atoms. The molecule has 0 unspecified atom stereocenters. The highest BCUT2D eigenvalue weighted by atomic mass is 32.2. The number of hydrogen-bond acceptors (Lipinski definition) is 1. The van der Waals surface area contributed by atoms with Crippen LogP contribution in [0.25, 0.3) is 0 Å². The van der Waals surface area contributed by atoms with Crippen molar-refractivity contribution in [3.05, 3.63) is 35.9 Å². The lowest BCUT2D eigenvalue weighted by Crippen LogP contribution is -2.26. The highest BCUT2D eigenvalue weighted by molar-refractivity contribution is 8.12. The minimum Gasteiger partial charge on any atom is -0.262 e. The lowest BCUT2D eigenvalue weighted by Gasteiger charge is -2.10. The van der Waals surface area contributed by atoms with Gasteiger partial charge in [0, 0.05) is 5.75 Å². The van der Waals surface area contributed by atoms with E-state index in [1.807, 2.05) is 11.8 Å². The molecule has 1 aromatic rings. The molecule has 3 heteroatoms. The molecule has 0 aliphatic carbocycles. The summed E-state index contributed by atoms with van der Waals surface area (Å²) in [5.74, 6) is 1.02. The van der Waals surface area contributed by atoms with Crippen LogP contribution in [0.15, 0.2) is 30.3 Å². The van der Waals surface area contributed by atoms with E-state index in [4.69, 9.17) is 0 Å². The SMILES string of the molecule is CN(C)C(SCc1ccccc1)=[N+](C)C. The Morgan fingerprint density at radius 2 is 1.80 bits per heavy atom. The number of benzene rings is 1. The molecule has 1 aromatic carbocycles. The molecule has 0 saturated heterocycles. The minimum absolute atomic E-state index is 1.02. The van der Waals surface area contributed by atoms with Crippen molar-refractivity contribution in [3.63, 3.8) is 0 Å². The van der Waals surface area contributed by atoms with Crippen molar-refractivity contribution in [2.45, 2.75) is 5.75 Å². The summed E-state index contributed by atoms with van der Waals surface area (Å²) in [6.45, 7) is 0. The van der Waals surface area contributed by atoms with Crippen LogP contribution in [0.5, 0.6) is 0 Å². The van der Waals surface area contributed by atoms with Gasteiger partial charge < -0.3 is 0 Å². The van der Waals surface area contributed by atoms with Crippen molar-refractivity contribution in [1.82, 2.24) is 4.90 Å². The first-order valence-corrected chi connectivity index (χ1v) is 5.98. The van der Waals surface area contributed by atoms with E-state index >= 15 is 0 Å². The monoisotopic (exact) mass is 223 g/mol. The molecule has 0 spiro atoms. The van der Waals surface area contributed by atoms with Gasteiger partial charge in [0.1, 0.15) is 0 Å². The summed E-state index contributed by atoms with van der Waals surface area (Å²) in [7, 11) is 8.31. The normalized spacial score (nSPS) is 9.87. The van der Waals surface area contributed by atoms with E-state index < -0.39 is 0 Å². The molecule has 0 aliphatic rings. The van der Waals surface area contributed by atoms with Gasteiger partial charge in [-0.1, -0.05) is 30.3 Å². The molecule has 0 atom stereocenters. The first-order valence-electron chi connectivity index (χ1n) is 4.99. The fourth-order valence-electron chi connectivity index (χ4n) is 1.38. The number of nitrogens with zero attached hydrogens (tertiary/aromatic N) is 2. The van der Waals surface area contributed by atoms with E-state index in [1.165, 1.54) is 10.7 Å². The number of amidine groups is 1. The van der Waals surface area contributed by atoms with E-state index in [1.54, 1.807) is 0 Å². The van der Waals surface area contributed by atoms with Gasteiger partial charge in [-0.3, -0.25) is 9.48 Å². The molecule has 0 radical (unpaired) electrons. The van der Waals surface area contributed by atoms with Crippen LogP contribution in [-0.2, 0) is 5.75 Å². The lowest BCUT2D eigenvalue weighted by atomic mass is 10.2. The van der Waals surface area contributed by atoms with Gasteiger partial charge in [0.2, 0.25) is 0 Å². The second-order valence-electron chi connectivity index (χ2n) is 3.85. The van der Waals surface area contributed by atoms with Crippen LogP contribution in [0.1, 0.15) is 5.56 Å². The zero-order chi connectivity index (χ0) is 11.3. The van der Waals surface area contributed by atoms with Gasteiger partial charge in [-0.05, 0) is 17.3 Å². The number of hydrogen-bond donors (Lipinski definition) is 0. The Kier molecular flexibility index (Phi) is 4.69. The van der Waals surface area contributed by atoms with Crippen LogP contribution in [0, 0.1) is 0 Å². The van der Waals surface area contributed by atoms with Crippen LogP contribution >= 0.6 is 11.8 Å². The minimum atomic E-state index is 1.02. The quantitative estimate of drug-likeness (QED) is 0.430. The molecule has 0 N–H and O–H groups in total. The highest BCUT2D eigenvalue weighted by Crippen LogP contribution is 2.14. The van der Waals surface area contributed by atoms with E-state index in [0.29, 0.717) is 0 Å². The first-order chi connectivity index (χ1) is 7.11. The van der Waals surface area contributed by atoms with E-state index in [2.05, 4.69) is 68.0 Å². The van der Waals surface area contributed by atoms with Gasteiger partial charge >= 0.3 is 5.17 Å². The van der Waals surface area contributed by atoms with Crippen molar-refractivity contribution in [3.8, 4) is 0 Å². The summed E-state index contributed by atoms with van der Waals surface area (Å²) >= 11 is 1.86. The Labute approximate surface area is 96.6 Å². The maximum absolute atomic E-state index is 2.16. The summed E-state index contributed by atoms with van der Waals surface area (Å²) in [5, 5.41) is 1.28. The topological polar surface area (TPSA) is 6.25 Å². The lowest BCUT2D eigenvalue weighted by molar-refractivity contribution is -0.466. The zero-order valence-electron chi connectivity index (χ0n) is 9.90. The molecule has 82 valence electrons. The molecule has 0 heterocycles. The zero-order valence-corrected chi connectivity index (χ0v) is 10.7. The number of rotatable bonds is 2. The summed E-state index contributed by atoms with van der Waals surface area (Å²) in [5.41, 5.74) is 1.36. The Bertz CT molecular complexity index is 327. The first kappa shape index (κ1) is 12.1. The van der Waals surface area contributed by atoms with Crippen molar-refractivity contribution in [1.29, 1.82) is 0 Å². The maximum Gasteiger partial charge on any atom is 0.307 e. The van der Waals surface area contributed by atoms with E-state index in [9.17, 15) is 0 Å². The Hall–Kier alpha value is -0.960. The number of thioether (sulfide) groups is 1. The van der Waals surface area contributed by atoms with Gasteiger partial charge in [0.05, 0.1) is 28.2 Å². The largest absolute Gasteiger partial charge is 0.307 e. The average Bonchev–Trinajstić information content (AvgIpc) is 2.18. The fraction of sp³-hybridized carbons (Fsp3) is 0.417. The van der Waals surface area contributed by atoms with Gasteiger partial charge in [0.25, 0.3) is 0 Å². The molecule has 0 aromatic heterocycles.